The number of ether oxygens (including phenoxy) is 2. The molecule has 4 rings (SSSR count). The molecule has 0 N–H and O–H groups in total. The highest BCUT2D eigenvalue weighted by Crippen LogP contribution is 2.42. The number of rotatable bonds is 3. The van der Waals surface area contributed by atoms with E-state index in [0.717, 1.165) is 5.56 Å². The fourth-order valence-corrected chi connectivity index (χ4v) is 3.91. The summed E-state index contributed by atoms with van der Waals surface area (Å²) in [6, 6.07) is 13.1. The molecule has 144 valence electrons. The van der Waals surface area contributed by atoms with Crippen LogP contribution in [0.1, 0.15) is 12.5 Å². The number of fused-ring (bicyclic) bond motifs is 2. The summed E-state index contributed by atoms with van der Waals surface area (Å²) < 4.78 is 10.5. The number of benzene rings is 2. The van der Waals surface area contributed by atoms with Crippen LogP contribution in [0.3, 0.4) is 0 Å². The molecule has 0 bridgehead atoms. The Morgan fingerprint density at radius 2 is 1.86 bits per heavy atom. The third-order valence-corrected chi connectivity index (χ3v) is 5.14. The van der Waals surface area contributed by atoms with E-state index in [1.165, 1.54) is 9.80 Å². The molecule has 0 aliphatic carbocycles. The summed E-state index contributed by atoms with van der Waals surface area (Å²) in [5.41, 5.74) is 1.83. The van der Waals surface area contributed by atoms with E-state index in [4.69, 9.17) is 9.47 Å². The molecule has 2 aromatic rings. The van der Waals surface area contributed by atoms with E-state index in [1.807, 2.05) is 6.07 Å². The molecule has 1 fully saturated rings. The first kappa shape index (κ1) is 18.0. The van der Waals surface area contributed by atoms with Crippen molar-refractivity contribution >= 4 is 29.3 Å². The van der Waals surface area contributed by atoms with Crippen LogP contribution in [0.4, 0.5) is 16.2 Å². The van der Waals surface area contributed by atoms with Gasteiger partial charge in [0.1, 0.15) is 11.8 Å². The van der Waals surface area contributed by atoms with Crippen molar-refractivity contribution in [3.05, 3.63) is 54.1 Å². The zero-order valence-corrected chi connectivity index (χ0v) is 15.6. The second-order valence-electron chi connectivity index (χ2n) is 6.67. The van der Waals surface area contributed by atoms with Crippen LogP contribution >= 0.6 is 0 Å². The smallest absolute Gasteiger partial charge is 0.415 e. The van der Waals surface area contributed by atoms with Crippen LogP contribution in [0.5, 0.6) is 5.75 Å². The van der Waals surface area contributed by atoms with Crippen molar-refractivity contribution in [2.75, 3.05) is 23.5 Å². The van der Waals surface area contributed by atoms with Crippen molar-refractivity contribution in [1.82, 2.24) is 0 Å². The number of imide groups is 1. The van der Waals surface area contributed by atoms with Gasteiger partial charge in [0.15, 0.2) is 0 Å². The normalized spacial score (nSPS) is 20.6. The SMILES string of the molecule is CCOC(=O)N1c2ccc(OC)cc2C[C@@H]2C(=O)N(c3ccccc3)C(=O)[C@@H]21. The summed E-state index contributed by atoms with van der Waals surface area (Å²) in [6.07, 6.45) is -0.291. The number of hydrogen-bond acceptors (Lipinski definition) is 5. The van der Waals surface area contributed by atoms with Gasteiger partial charge in [-0.2, -0.15) is 0 Å². The van der Waals surface area contributed by atoms with E-state index in [9.17, 15) is 14.4 Å². The molecule has 7 heteroatoms. The summed E-state index contributed by atoms with van der Waals surface area (Å²) >= 11 is 0. The number of nitrogens with zero attached hydrogens (tertiary/aromatic N) is 2. The standard InChI is InChI=1S/C21H20N2O5/c1-3-28-21(26)23-17-10-9-15(27-2)11-13(17)12-16-18(23)20(25)22(19(16)24)14-7-5-4-6-8-14/h4-11,16,18H,3,12H2,1-2H3/t16-,18+/m0/s1. The quantitative estimate of drug-likeness (QED) is 0.766. The highest BCUT2D eigenvalue weighted by atomic mass is 16.6. The van der Waals surface area contributed by atoms with Crippen molar-refractivity contribution in [3.63, 3.8) is 0 Å². The topological polar surface area (TPSA) is 76.2 Å². The predicted molar refractivity (Wildman–Crippen MR) is 102 cm³/mol. The highest BCUT2D eigenvalue weighted by molar-refractivity contribution is 6.26. The molecule has 7 nitrogen and oxygen atoms in total. The van der Waals surface area contributed by atoms with Crippen LogP contribution in [0.2, 0.25) is 0 Å². The third-order valence-electron chi connectivity index (χ3n) is 5.14. The third kappa shape index (κ3) is 2.70. The van der Waals surface area contributed by atoms with Gasteiger partial charge in [-0.25, -0.2) is 9.69 Å². The van der Waals surface area contributed by atoms with E-state index in [0.29, 0.717) is 23.5 Å². The van der Waals surface area contributed by atoms with Gasteiger partial charge >= 0.3 is 6.09 Å². The Morgan fingerprint density at radius 3 is 2.54 bits per heavy atom. The second-order valence-corrected chi connectivity index (χ2v) is 6.67. The monoisotopic (exact) mass is 380 g/mol. The highest BCUT2D eigenvalue weighted by Gasteiger charge is 2.55. The Morgan fingerprint density at radius 1 is 1.11 bits per heavy atom. The van der Waals surface area contributed by atoms with Gasteiger partial charge < -0.3 is 9.47 Å². The van der Waals surface area contributed by atoms with Gasteiger partial charge in [0.05, 0.1) is 31.0 Å². The molecule has 0 unspecified atom stereocenters. The maximum atomic E-state index is 13.2. The molecule has 28 heavy (non-hydrogen) atoms. The first-order valence-electron chi connectivity index (χ1n) is 9.12. The first-order chi connectivity index (χ1) is 13.6. The van der Waals surface area contributed by atoms with Gasteiger partial charge in [0.25, 0.3) is 5.91 Å². The number of carbonyl (C=O) groups is 3. The molecule has 0 radical (unpaired) electrons. The number of anilines is 2. The minimum absolute atomic E-state index is 0.169. The maximum absolute atomic E-state index is 13.2. The molecular formula is C21H20N2O5. The van der Waals surface area contributed by atoms with Crippen molar-refractivity contribution in [3.8, 4) is 5.75 Å². The van der Waals surface area contributed by atoms with E-state index in [2.05, 4.69) is 0 Å². The Balaban J connectivity index is 1.81. The van der Waals surface area contributed by atoms with Crippen molar-refractivity contribution in [1.29, 1.82) is 0 Å². The average Bonchev–Trinajstić information content (AvgIpc) is 2.96. The lowest BCUT2D eigenvalue weighted by Crippen LogP contribution is -2.51. The Bertz CT molecular complexity index is 943. The summed E-state index contributed by atoms with van der Waals surface area (Å²) in [5.74, 6) is -0.783. The van der Waals surface area contributed by atoms with E-state index < -0.39 is 24.0 Å². The lowest BCUT2D eigenvalue weighted by molar-refractivity contribution is -0.122. The number of amides is 3. The van der Waals surface area contributed by atoms with Gasteiger partial charge in [-0.05, 0) is 49.2 Å². The summed E-state index contributed by atoms with van der Waals surface area (Å²) in [5, 5.41) is 0. The lowest BCUT2D eigenvalue weighted by atomic mass is 9.87. The largest absolute Gasteiger partial charge is 0.497 e. The molecule has 2 aromatic carbocycles. The Kier molecular flexibility index (Phi) is 4.50. The molecule has 0 spiro atoms. The molecule has 1 saturated heterocycles. The zero-order valence-electron chi connectivity index (χ0n) is 15.6. The fourth-order valence-electron chi connectivity index (χ4n) is 3.91. The first-order valence-corrected chi connectivity index (χ1v) is 9.12. The molecule has 3 amide bonds. The predicted octanol–water partition coefficient (Wildman–Crippen LogP) is 2.77. The number of methoxy groups -OCH3 is 1. The zero-order chi connectivity index (χ0) is 19.8. The number of hydrogen-bond donors (Lipinski definition) is 0. The van der Waals surface area contributed by atoms with Gasteiger partial charge in [-0.1, -0.05) is 18.2 Å². The average molecular weight is 380 g/mol. The molecule has 0 aromatic heterocycles. The van der Waals surface area contributed by atoms with Crippen LogP contribution < -0.4 is 14.5 Å². The number of para-hydroxylation sites is 1. The van der Waals surface area contributed by atoms with Gasteiger partial charge in [0, 0.05) is 0 Å². The lowest BCUT2D eigenvalue weighted by Gasteiger charge is -2.35. The van der Waals surface area contributed by atoms with Crippen LogP contribution in [0, 0.1) is 5.92 Å². The minimum Gasteiger partial charge on any atom is -0.497 e. The molecule has 2 atom stereocenters. The van der Waals surface area contributed by atoms with Crippen molar-refractivity contribution in [2.24, 2.45) is 5.92 Å². The molecular weight excluding hydrogens is 360 g/mol. The van der Waals surface area contributed by atoms with Crippen molar-refractivity contribution < 1.29 is 23.9 Å². The fraction of sp³-hybridized carbons (Fsp3) is 0.286. The second kappa shape index (κ2) is 6.99. The van der Waals surface area contributed by atoms with Gasteiger partial charge in [-0.15, -0.1) is 0 Å². The Labute approximate surface area is 162 Å². The van der Waals surface area contributed by atoms with Gasteiger partial charge in [-0.3, -0.25) is 14.5 Å². The summed E-state index contributed by atoms with van der Waals surface area (Å²) in [4.78, 5) is 41.6. The van der Waals surface area contributed by atoms with Crippen LogP contribution in [-0.4, -0.2) is 37.7 Å². The van der Waals surface area contributed by atoms with Gasteiger partial charge in [0.2, 0.25) is 5.91 Å². The molecule has 2 heterocycles. The molecule has 2 aliphatic rings. The molecule has 0 saturated carbocycles. The van der Waals surface area contributed by atoms with Crippen LogP contribution in [0.15, 0.2) is 48.5 Å². The van der Waals surface area contributed by atoms with Crippen molar-refractivity contribution in [2.45, 2.75) is 19.4 Å². The summed E-state index contributed by atoms with van der Waals surface area (Å²) in [7, 11) is 1.55. The van der Waals surface area contributed by atoms with E-state index >= 15 is 0 Å². The number of carbonyl (C=O) groups excluding carboxylic acids is 3. The Hall–Kier alpha value is -3.35. The molecule has 2 aliphatic heterocycles. The van der Waals surface area contributed by atoms with Crippen LogP contribution in [-0.2, 0) is 20.7 Å². The van der Waals surface area contributed by atoms with Crippen LogP contribution in [0.25, 0.3) is 0 Å². The maximum Gasteiger partial charge on any atom is 0.415 e. The van der Waals surface area contributed by atoms with E-state index in [1.54, 1.807) is 56.5 Å². The van der Waals surface area contributed by atoms with E-state index in [-0.39, 0.29) is 12.5 Å². The summed E-state index contributed by atoms with van der Waals surface area (Å²) in [6.45, 7) is 1.87. The minimum atomic E-state index is -0.923.